The van der Waals surface area contributed by atoms with Crippen molar-refractivity contribution in [3.63, 3.8) is 0 Å². The lowest BCUT2D eigenvalue weighted by molar-refractivity contribution is -0.0228. The van der Waals surface area contributed by atoms with E-state index in [9.17, 15) is 9.59 Å². The van der Waals surface area contributed by atoms with E-state index in [1.54, 1.807) is 13.2 Å². The fourth-order valence-electron chi connectivity index (χ4n) is 4.07. The minimum atomic E-state index is -0.211. The van der Waals surface area contributed by atoms with Crippen LogP contribution < -0.4 is 10.6 Å². The van der Waals surface area contributed by atoms with E-state index >= 15 is 0 Å². The number of carbonyl (C=O) groups is 2. The van der Waals surface area contributed by atoms with E-state index in [-0.39, 0.29) is 23.4 Å². The molecule has 1 aromatic rings. The van der Waals surface area contributed by atoms with Gasteiger partial charge in [0.1, 0.15) is 0 Å². The Balaban J connectivity index is 1.54. The lowest BCUT2D eigenvalue weighted by Gasteiger charge is -2.53. The van der Waals surface area contributed by atoms with Gasteiger partial charge in [0, 0.05) is 26.7 Å². The van der Waals surface area contributed by atoms with Gasteiger partial charge in [-0.15, -0.1) is 5.10 Å². The van der Waals surface area contributed by atoms with Crippen LogP contribution in [0.1, 0.15) is 62.5 Å². The topological polar surface area (TPSA) is 92.2 Å². The van der Waals surface area contributed by atoms with Gasteiger partial charge in [0.05, 0.1) is 12.2 Å². The number of urea groups is 1. The summed E-state index contributed by atoms with van der Waals surface area (Å²) in [4.78, 5) is 25.9. The number of carbonyl (C=O) groups excluding carboxylic acids is 2. The zero-order chi connectivity index (χ0) is 18.7. The molecule has 1 spiro atoms. The molecule has 2 aliphatic rings. The molecule has 1 aromatic heterocycles. The van der Waals surface area contributed by atoms with Crippen LogP contribution in [0.15, 0.2) is 6.20 Å². The Hall–Kier alpha value is -2.12. The number of nitrogens with zero attached hydrogens (tertiary/aromatic N) is 4. The van der Waals surface area contributed by atoms with Crippen molar-refractivity contribution in [1.29, 1.82) is 0 Å². The second-order valence-electron chi connectivity index (χ2n) is 7.98. The summed E-state index contributed by atoms with van der Waals surface area (Å²) >= 11 is 0. The monoisotopic (exact) mass is 362 g/mol. The standard InChI is InChI=1S/C18H30N6O2/c1-13(2)5-9-20-17(26)23-10-7-18(8-11-23)6-4-15(18)24-12-14(21-22-24)16(25)19-3/h12-13,15H,4-11H2,1-3H3,(H,19,25)(H,20,26). The van der Waals surface area contributed by atoms with Gasteiger partial charge in [-0.2, -0.15) is 0 Å². The van der Waals surface area contributed by atoms with E-state index in [0.717, 1.165) is 51.7 Å². The third-order valence-corrected chi connectivity index (χ3v) is 5.96. The zero-order valence-corrected chi connectivity index (χ0v) is 16.0. The molecule has 0 radical (unpaired) electrons. The Kier molecular flexibility index (Phi) is 5.48. The quantitative estimate of drug-likeness (QED) is 0.835. The Morgan fingerprint density at radius 1 is 1.31 bits per heavy atom. The molecule has 144 valence electrons. The first kappa shape index (κ1) is 18.7. The van der Waals surface area contributed by atoms with Crippen LogP contribution >= 0.6 is 0 Å². The summed E-state index contributed by atoms with van der Waals surface area (Å²) in [6.45, 7) is 6.62. The van der Waals surface area contributed by atoms with Crippen molar-refractivity contribution in [1.82, 2.24) is 30.5 Å². The van der Waals surface area contributed by atoms with Crippen molar-refractivity contribution < 1.29 is 9.59 Å². The molecular weight excluding hydrogens is 332 g/mol. The first-order valence-corrected chi connectivity index (χ1v) is 9.62. The fourth-order valence-corrected chi connectivity index (χ4v) is 4.07. The normalized spacial score (nSPS) is 21.5. The Bertz CT molecular complexity index is 648. The van der Waals surface area contributed by atoms with Crippen LogP contribution in [0.3, 0.4) is 0 Å². The number of nitrogens with one attached hydrogen (secondary N) is 2. The molecule has 0 bridgehead atoms. The summed E-state index contributed by atoms with van der Waals surface area (Å²) in [6, 6.07) is 0.332. The van der Waals surface area contributed by atoms with Gasteiger partial charge in [-0.3, -0.25) is 4.79 Å². The van der Waals surface area contributed by atoms with Crippen LogP contribution in [0.2, 0.25) is 0 Å². The molecule has 3 rings (SSSR count). The predicted molar refractivity (Wildman–Crippen MR) is 97.8 cm³/mol. The molecule has 2 N–H and O–H groups in total. The molecule has 2 fully saturated rings. The highest BCUT2D eigenvalue weighted by molar-refractivity contribution is 5.91. The maximum absolute atomic E-state index is 12.3. The van der Waals surface area contributed by atoms with Crippen LogP contribution in [-0.4, -0.2) is 58.5 Å². The third kappa shape index (κ3) is 3.68. The largest absolute Gasteiger partial charge is 0.354 e. The van der Waals surface area contributed by atoms with Crippen molar-refractivity contribution in [2.45, 2.75) is 52.0 Å². The lowest BCUT2D eigenvalue weighted by atomic mass is 9.59. The maximum Gasteiger partial charge on any atom is 0.317 e. The van der Waals surface area contributed by atoms with Crippen LogP contribution in [-0.2, 0) is 0 Å². The second kappa shape index (κ2) is 7.63. The van der Waals surface area contributed by atoms with Crippen LogP contribution in [0.25, 0.3) is 0 Å². The second-order valence-corrected chi connectivity index (χ2v) is 7.98. The van der Waals surface area contributed by atoms with E-state index in [2.05, 4.69) is 34.8 Å². The van der Waals surface area contributed by atoms with Crippen LogP contribution in [0.4, 0.5) is 4.79 Å². The average Bonchev–Trinajstić information content (AvgIpc) is 3.09. The first-order chi connectivity index (χ1) is 12.4. The highest BCUT2D eigenvalue weighted by atomic mass is 16.2. The minimum Gasteiger partial charge on any atom is -0.354 e. The first-order valence-electron chi connectivity index (χ1n) is 9.62. The average molecular weight is 362 g/mol. The van der Waals surface area contributed by atoms with E-state index in [1.807, 2.05) is 9.58 Å². The van der Waals surface area contributed by atoms with E-state index in [4.69, 9.17) is 0 Å². The van der Waals surface area contributed by atoms with Crippen molar-refractivity contribution >= 4 is 11.9 Å². The third-order valence-electron chi connectivity index (χ3n) is 5.96. The smallest absolute Gasteiger partial charge is 0.317 e. The highest BCUT2D eigenvalue weighted by Gasteiger charge is 2.50. The van der Waals surface area contributed by atoms with E-state index < -0.39 is 0 Å². The van der Waals surface area contributed by atoms with Crippen molar-refractivity contribution in [2.24, 2.45) is 11.3 Å². The molecule has 3 amide bonds. The molecular formula is C18H30N6O2. The Labute approximate surface area is 154 Å². The molecule has 1 unspecified atom stereocenters. The Morgan fingerprint density at radius 3 is 2.62 bits per heavy atom. The number of amides is 3. The van der Waals surface area contributed by atoms with Gasteiger partial charge >= 0.3 is 6.03 Å². The minimum absolute atomic E-state index is 0.0547. The number of hydrogen-bond acceptors (Lipinski definition) is 4. The molecule has 1 saturated carbocycles. The lowest BCUT2D eigenvalue weighted by Crippen LogP contribution is -2.53. The van der Waals surface area contributed by atoms with Crippen molar-refractivity contribution in [3.05, 3.63) is 11.9 Å². The summed E-state index contributed by atoms with van der Waals surface area (Å²) in [5.41, 5.74) is 0.541. The molecule has 1 atom stereocenters. The number of rotatable bonds is 5. The zero-order valence-electron chi connectivity index (χ0n) is 16.0. The number of hydrogen-bond donors (Lipinski definition) is 2. The molecule has 1 aliphatic heterocycles. The fraction of sp³-hybridized carbons (Fsp3) is 0.778. The molecule has 1 aliphatic carbocycles. The molecule has 8 heteroatoms. The van der Waals surface area contributed by atoms with Gasteiger partial charge in [-0.05, 0) is 43.4 Å². The van der Waals surface area contributed by atoms with Crippen LogP contribution in [0.5, 0.6) is 0 Å². The summed E-state index contributed by atoms with van der Waals surface area (Å²) in [5.74, 6) is 0.385. The van der Waals surface area contributed by atoms with Gasteiger partial charge in [-0.1, -0.05) is 19.1 Å². The van der Waals surface area contributed by atoms with Gasteiger partial charge in [-0.25, -0.2) is 9.48 Å². The highest BCUT2D eigenvalue weighted by Crippen LogP contribution is 2.56. The van der Waals surface area contributed by atoms with Gasteiger partial charge < -0.3 is 15.5 Å². The molecule has 26 heavy (non-hydrogen) atoms. The Morgan fingerprint density at radius 2 is 2.04 bits per heavy atom. The number of piperidine rings is 1. The summed E-state index contributed by atoms with van der Waals surface area (Å²) in [5, 5.41) is 13.8. The maximum atomic E-state index is 12.3. The van der Waals surface area contributed by atoms with E-state index in [1.165, 1.54) is 0 Å². The van der Waals surface area contributed by atoms with Gasteiger partial charge in [0.15, 0.2) is 5.69 Å². The predicted octanol–water partition coefficient (Wildman–Crippen LogP) is 1.81. The van der Waals surface area contributed by atoms with Gasteiger partial charge in [0.2, 0.25) is 0 Å². The summed E-state index contributed by atoms with van der Waals surface area (Å²) < 4.78 is 1.85. The van der Waals surface area contributed by atoms with E-state index in [0.29, 0.717) is 11.6 Å². The summed E-state index contributed by atoms with van der Waals surface area (Å²) in [6.07, 6.45) is 6.91. The van der Waals surface area contributed by atoms with Gasteiger partial charge in [0.25, 0.3) is 5.91 Å². The molecule has 1 saturated heterocycles. The molecule has 2 heterocycles. The number of aromatic nitrogens is 3. The van der Waals surface area contributed by atoms with Crippen molar-refractivity contribution in [2.75, 3.05) is 26.7 Å². The summed E-state index contributed by atoms with van der Waals surface area (Å²) in [7, 11) is 1.59. The van der Waals surface area contributed by atoms with Crippen molar-refractivity contribution in [3.8, 4) is 0 Å². The van der Waals surface area contributed by atoms with Crippen LogP contribution in [0, 0.1) is 11.3 Å². The molecule has 0 aromatic carbocycles. The molecule has 8 nitrogen and oxygen atoms in total. The number of likely N-dealkylation sites (tertiary alicyclic amines) is 1. The SMILES string of the molecule is CNC(=O)c1cn(C2CCC23CCN(C(=O)NCCC(C)C)CC3)nn1.